The van der Waals surface area contributed by atoms with Crippen molar-refractivity contribution in [1.82, 2.24) is 25.2 Å². The van der Waals surface area contributed by atoms with Crippen LogP contribution in [-0.2, 0) is 6.18 Å². The average molecular weight is 574 g/mol. The maximum Gasteiger partial charge on any atom is 0.451 e. The zero-order valence-corrected chi connectivity index (χ0v) is 21.7. The fourth-order valence-corrected chi connectivity index (χ4v) is 4.82. The minimum absolute atomic E-state index is 0.0988. The number of piperidine rings is 1. The molecule has 0 saturated carbocycles. The van der Waals surface area contributed by atoms with Gasteiger partial charge in [-0.2, -0.15) is 13.2 Å². The minimum Gasteiger partial charge on any atom is -0.490 e. The van der Waals surface area contributed by atoms with Crippen LogP contribution in [0.15, 0.2) is 36.8 Å². The summed E-state index contributed by atoms with van der Waals surface area (Å²) in [6, 6.07) is 4.14. The molecule has 210 valence electrons. The van der Waals surface area contributed by atoms with E-state index in [-0.39, 0.29) is 30.3 Å². The standard InChI is InChI=1S/C25H25F6N5O2S/c1-13-10-32-23(39-13)16-7-15(22(37)35-14(2)17-11-33-24(34-12-17)25(29,30)31)8-19(9-16)38-18-3-5-36(6-4-18)21(28)20(26)27/h7-12,14,18,20-21H,3-6H2,1-2H3,(H,35,37)/t14-,21?/m0/s1. The highest BCUT2D eigenvalue weighted by molar-refractivity contribution is 7.14. The summed E-state index contributed by atoms with van der Waals surface area (Å²) in [6.45, 7) is 3.66. The molecule has 3 aromatic rings. The molecule has 7 nitrogen and oxygen atoms in total. The molecule has 1 aliphatic heterocycles. The molecule has 0 spiro atoms. The van der Waals surface area contributed by atoms with Crippen LogP contribution in [0, 0.1) is 6.92 Å². The molecule has 1 amide bonds. The molecule has 14 heteroatoms. The Morgan fingerprint density at radius 3 is 2.31 bits per heavy atom. The Morgan fingerprint density at radius 2 is 1.74 bits per heavy atom. The first kappa shape index (κ1) is 28.7. The molecule has 1 fully saturated rings. The van der Waals surface area contributed by atoms with Crippen LogP contribution in [0.4, 0.5) is 26.3 Å². The van der Waals surface area contributed by atoms with Crippen molar-refractivity contribution in [2.24, 2.45) is 0 Å². The van der Waals surface area contributed by atoms with E-state index in [0.29, 0.717) is 29.2 Å². The molecule has 4 rings (SSSR count). The van der Waals surface area contributed by atoms with Crippen LogP contribution in [0.2, 0.25) is 0 Å². The summed E-state index contributed by atoms with van der Waals surface area (Å²) < 4.78 is 83.4. The number of hydrogen-bond acceptors (Lipinski definition) is 7. The third-order valence-corrected chi connectivity index (χ3v) is 7.11. The number of aromatic nitrogens is 3. The van der Waals surface area contributed by atoms with Gasteiger partial charge in [-0.25, -0.2) is 28.1 Å². The van der Waals surface area contributed by atoms with Gasteiger partial charge in [-0.15, -0.1) is 11.3 Å². The monoisotopic (exact) mass is 573 g/mol. The van der Waals surface area contributed by atoms with Gasteiger partial charge in [0, 0.05) is 53.2 Å². The number of amides is 1. The second-order valence-electron chi connectivity index (χ2n) is 9.12. The lowest BCUT2D eigenvalue weighted by molar-refractivity contribution is -0.145. The summed E-state index contributed by atoms with van der Waals surface area (Å²) in [6.07, 6.45) is -6.12. The number of ether oxygens (including phenoxy) is 1. The van der Waals surface area contributed by atoms with Crippen LogP contribution in [0.25, 0.3) is 10.6 Å². The van der Waals surface area contributed by atoms with Gasteiger partial charge in [-0.3, -0.25) is 9.69 Å². The molecule has 2 atom stereocenters. The Hall–Kier alpha value is -3.26. The predicted octanol–water partition coefficient (Wildman–Crippen LogP) is 5.82. The first-order valence-electron chi connectivity index (χ1n) is 12.0. The van der Waals surface area contributed by atoms with E-state index in [2.05, 4.69) is 20.3 Å². The molecule has 3 heterocycles. The van der Waals surface area contributed by atoms with Crippen molar-refractivity contribution in [1.29, 1.82) is 0 Å². The van der Waals surface area contributed by atoms with Gasteiger partial charge in [-0.1, -0.05) is 0 Å². The number of alkyl halides is 6. The topological polar surface area (TPSA) is 80.2 Å². The minimum atomic E-state index is -4.68. The largest absolute Gasteiger partial charge is 0.490 e. The Morgan fingerprint density at radius 1 is 1.08 bits per heavy atom. The molecular formula is C25H25F6N5O2S. The number of carbonyl (C=O) groups is 1. The van der Waals surface area contributed by atoms with Crippen molar-refractivity contribution >= 4 is 17.2 Å². The van der Waals surface area contributed by atoms with Crippen LogP contribution >= 0.6 is 11.3 Å². The molecule has 39 heavy (non-hydrogen) atoms. The Labute approximate surface area is 224 Å². The Kier molecular flexibility index (Phi) is 8.74. The molecule has 1 aliphatic rings. The number of thiazole rings is 1. The maximum absolute atomic E-state index is 13.7. The highest BCUT2D eigenvalue weighted by atomic mass is 32.1. The van der Waals surface area contributed by atoms with Gasteiger partial charge in [0.1, 0.15) is 16.9 Å². The zero-order chi connectivity index (χ0) is 28.3. The van der Waals surface area contributed by atoms with Gasteiger partial charge in [0.05, 0.1) is 6.04 Å². The number of likely N-dealkylation sites (tertiary alicyclic amines) is 1. The fraction of sp³-hybridized carbons (Fsp3) is 0.440. The number of nitrogens with one attached hydrogen (secondary N) is 1. The van der Waals surface area contributed by atoms with E-state index in [1.54, 1.807) is 25.3 Å². The highest BCUT2D eigenvalue weighted by Crippen LogP contribution is 2.32. The molecule has 1 aromatic carbocycles. The summed E-state index contributed by atoms with van der Waals surface area (Å²) in [7, 11) is 0. The van der Waals surface area contributed by atoms with Crippen LogP contribution in [0.1, 0.15) is 52.4 Å². The Balaban J connectivity index is 1.51. The van der Waals surface area contributed by atoms with Crippen LogP contribution in [0.5, 0.6) is 5.75 Å². The lowest BCUT2D eigenvalue weighted by Crippen LogP contribution is -2.45. The quantitative estimate of drug-likeness (QED) is 0.270. The summed E-state index contributed by atoms with van der Waals surface area (Å²) in [4.78, 5) is 26.2. The van der Waals surface area contributed by atoms with Crippen molar-refractivity contribution in [2.75, 3.05) is 13.1 Å². The summed E-state index contributed by atoms with van der Waals surface area (Å²) in [5.41, 5.74) is 1.11. The SMILES string of the molecule is Cc1cnc(-c2cc(OC3CCN(C(F)C(F)F)CC3)cc(C(=O)N[C@@H](C)c3cnc(C(F)(F)F)nc3)c2)s1. The number of hydrogen-bond donors (Lipinski definition) is 1. The van der Waals surface area contributed by atoms with Crippen molar-refractivity contribution in [3.05, 3.63) is 58.6 Å². The predicted molar refractivity (Wildman–Crippen MR) is 131 cm³/mol. The van der Waals surface area contributed by atoms with E-state index in [9.17, 15) is 31.1 Å². The Bertz CT molecular complexity index is 1280. The lowest BCUT2D eigenvalue weighted by Gasteiger charge is -2.33. The average Bonchev–Trinajstić information content (AvgIpc) is 3.34. The second-order valence-corrected chi connectivity index (χ2v) is 10.4. The van der Waals surface area contributed by atoms with E-state index < -0.39 is 36.7 Å². The second kappa shape index (κ2) is 11.9. The molecule has 0 radical (unpaired) electrons. The third kappa shape index (κ3) is 7.24. The summed E-state index contributed by atoms with van der Waals surface area (Å²) in [5.74, 6) is -1.45. The number of aryl methyl sites for hydroxylation is 1. The molecule has 0 bridgehead atoms. The molecule has 0 aliphatic carbocycles. The van der Waals surface area contributed by atoms with Gasteiger partial charge in [-0.05, 0) is 44.9 Å². The summed E-state index contributed by atoms with van der Waals surface area (Å²) in [5, 5.41) is 3.36. The van der Waals surface area contributed by atoms with Crippen molar-refractivity contribution in [3.8, 4) is 16.3 Å². The normalized spacial score (nSPS) is 16.7. The lowest BCUT2D eigenvalue weighted by atomic mass is 10.1. The van der Waals surface area contributed by atoms with E-state index >= 15 is 0 Å². The van der Waals surface area contributed by atoms with Crippen LogP contribution in [-0.4, -0.2) is 57.7 Å². The number of nitrogens with zero attached hydrogens (tertiary/aromatic N) is 4. The van der Waals surface area contributed by atoms with Gasteiger partial charge < -0.3 is 10.1 Å². The van der Waals surface area contributed by atoms with Gasteiger partial charge in [0.15, 0.2) is 0 Å². The van der Waals surface area contributed by atoms with Gasteiger partial charge in [0.2, 0.25) is 12.1 Å². The maximum atomic E-state index is 13.7. The summed E-state index contributed by atoms with van der Waals surface area (Å²) >= 11 is 1.41. The van der Waals surface area contributed by atoms with E-state index in [4.69, 9.17) is 4.74 Å². The van der Waals surface area contributed by atoms with E-state index in [0.717, 1.165) is 22.2 Å². The molecular weight excluding hydrogens is 548 g/mol. The van der Waals surface area contributed by atoms with Gasteiger partial charge >= 0.3 is 6.18 Å². The van der Waals surface area contributed by atoms with Crippen LogP contribution < -0.4 is 10.1 Å². The van der Waals surface area contributed by atoms with E-state index in [1.165, 1.54) is 17.4 Å². The smallest absolute Gasteiger partial charge is 0.451 e. The molecule has 1 N–H and O–H groups in total. The van der Waals surface area contributed by atoms with E-state index in [1.807, 2.05) is 6.92 Å². The number of benzene rings is 1. The molecule has 1 saturated heterocycles. The molecule has 1 unspecified atom stereocenters. The first-order valence-corrected chi connectivity index (χ1v) is 12.8. The highest BCUT2D eigenvalue weighted by Gasteiger charge is 2.34. The van der Waals surface area contributed by atoms with Crippen molar-refractivity contribution < 1.29 is 35.9 Å². The molecule has 2 aromatic heterocycles. The number of rotatable bonds is 8. The third-order valence-electron chi connectivity index (χ3n) is 6.15. The van der Waals surface area contributed by atoms with Crippen molar-refractivity contribution in [2.45, 2.75) is 57.7 Å². The number of halogens is 6. The first-order chi connectivity index (χ1) is 18.4. The van der Waals surface area contributed by atoms with Crippen LogP contribution in [0.3, 0.4) is 0 Å². The zero-order valence-electron chi connectivity index (χ0n) is 20.9. The van der Waals surface area contributed by atoms with Crippen molar-refractivity contribution in [3.63, 3.8) is 0 Å². The fourth-order valence-electron chi connectivity index (χ4n) is 4.07. The van der Waals surface area contributed by atoms with Gasteiger partial charge in [0.25, 0.3) is 12.3 Å². The number of carbonyl (C=O) groups excluding carboxylic acids is 1.